The molecule has 0 aliphatic heterocycles. The number of allylic oxidation sites excluding steroid dienone is 1. The van der Waals surface area contributed by atoms with Gasteiger partial charge in [0.1, 0.15) is 0 Å². The van der Waals surface area contributed by atoms with Gasteiger partial charge < -0.3 is 10.5 Å². The molecule has 2 rings (SSSR count). The third kappa shape index (κ3) is 2.26. The van der Waals surface area contributed by atoms with Crippen molar-refractivity contribution < 1.29 is 9.53 Å². The average molecular weight is 245 g/mol. The molecule has 1 aromatic rings. The van der Waals surface area contributed by atoms with Gasteiger partial charge in [-0.2, -0.15) is 0 Å². The Morgan fingerprint density at radius 1 is 1.50 bits per heavy atom. The molecule has 0 aromatic heterocycles. The maximum atomic E-state index is 11.2. The summed E-state index contributed by atoms with van der Waals surface area (Å²) in [5, 5.41) is 0. The van der Waals surface area contributed by atoms with Crippen LogP contribution in [0.2, 0.25) is 0 Å². The first-order chi connectivity index (χ1) is 8.52. The maximum absolute atomic E-state index is 11.2. The van der Waals surface area contributed by atoms with Gasteiger partial charge in [-0.25, -0.2) is 0 Å². The minimum Gasteiger partial charge on any atom is -0.501 e. The SMILES string of the molecule is COC1=Cc2ccc(C(C)C(N)=O)cc2CC1C. The Labute approximate surface area is 108 Å². The smallest absolute Gasteiger partial charge is 0.224 e. The van der Waals surface area contributed by atoms with Gasteiger partial charge >= 0.3 is 0 Å². The van der Waals surface area contributed by atoms with E-state index < -0.39 is 0 Å². The van der Waals surface area contributed by atoms with E-state index in [0.29, 0.717) is 5.92 Å². The zero-order chi connectivity index (χ0) is 13.3. The van der Waals surface area contributed by atoms with Crippen LogP contribution in [0.15, 0.2) is 24.0 Å². The number of primary amides is 1. The Hall–Kier alpha value is -1.77. The molecule has 0 heterocycles. The molecule has 2 N–H and O–H groups in total. The lowest BCUT2D eigenvalue weighted by Gasteiger charge is -2.23. The van der Waals surface area contributed by atoms with Gasteiger partial charge in [0.05, 0.1) is 18.8 Å². The number of amides is 1. The summed E-state index contributed by atoms with van der Waals surface area (Å²) in [6.07, 6.45) is 3.01. The van der Waals surface area contributed by atoms with Crippen LogP contribution in [-0.2, 0) is 16.0 Å². The molecule has 0 bridgehead atoms. The zero-order valence-electron chi connectivity index (χ0n) is 11.1. The van der Waals surface area contributed by atoms with Crippen molar-refractivity contribution >= 4 is 12.0 Å². The van der Waals surface area contributed by atoms with E-state index in [1.807, 2.05) is 19.1 Å². The van der Waals surface area contributed by atoms with Crippen molar-refractivity contribution in [3.05, 3.63) is 40.6 Å². The van der Waals surface area contributed by atoms with Crippen molar-refractivity contribution in [3.8, 4) is 0 Å². The number of ether oxygens (including phenoxy) is 1. The van der Waals surface area contributed by atoms with E-state index >= 15 is 0 Å². The van der Waals surface area contributed by atoms with Crippen LogP contribution in [0.1, 0.15) is 36.5 Å². The molecule has 18 heavy (non-hydrogen) atoms. The molecule has 2 atom stereocenters. The van der Waals surface area contributed by atoms with Gasteiger partial charge in [0, 0.05) is 5.92 Å². The number of benzene rings is 1. The zero-order valence-corrected chi connectivity index (χ0v) is 11.1. The highest BCUT2D eigenvalue weighted by atomic mass is 16.5. The molecular weight excluding hydrogens is 226 g/mol. The number of methoxy groups -OCH3 is 1. The van der Waals surface area contributed by atoms with E-state index in [1.54, 1.807) is 7.11 Å². The van der Waals surface area contributed by atoms with Gasteiger partial charge in [-0.1, -0.05) is 25.1 Å². The summed E-state index contributed by atoms with van der Waals surface area (Å²) < 4.78 is 5.36. The Bertz CT molecular complexity index is 505. The molecule has 3 heteroatoms. The molecular formula is C15H19NO2. The molecule has 0 fully saturated rings. The highest BCUT2D eigenvalue weighted by Crippen LogP contribution is 2.30. The van der Waals surface area contributed by atoms with Crippen LogP contribution in [0.4, 0.5) is 0 Å². The van der Waals surface area contributed by atoms with Crippen LogP contribution in [0.5, 0.6) is 0 Å². The van der Waals surface area contributed by atoms with Crippen LogP contribution in [0.3, 0.4) is 0 Å². The number of carbonyl (C=O) groups excluding carboxylic acids is 1. The van der Waals surface area contributed by atoms with Crippen molar-refractivity contribution in [3.63, 3.8) is 0 Å². The van der Waals surface area contributed by atoms with Gasteiger partial charge in [0.2, 0.25) is 5.91 Å². The van der Waals surface area contributed by atoms with Crippen molar-refractivity contribution in [2.24, 2.45) is 11.7 Å². The summed E-state index contributed by atoms with van der Waals surface area (Å²) >= 11 is 0. The van der Waals surface area contributed by atoms with Crippen LogP contribution in [0, 0.1) is 5.92 Å². The highest BCUT2D eigenvalue weighted by molar-refractivity contribution is 5.81. The number of fused-ring (bicyclic) bond motifs is 1. The second-order valence-corrected chi connectivity index (χ2v) is 4.94. The van der Waals surface area contributed by atoms with Gasteiger partial charge in [-0.15, -0.1) is 0 Å². The molecule has 3 nitrogen and oxygen atoms in total. The highest BCUT2D eigenvalue weighted by Gasteiger charge is 2.20. The van der Waals surface area contributed by atoms with Gasteiger partial charge in [-0.05, 0) is 36.1 Å². The van der Waals surface area contributed by atoms with Crippen molar-refractivity contribution in [1.82, 2.24) is 0 Å². The summed E-state index contributed by atoms with van der Waals surface area (Å²) in [6, 6.07) is 6.09. The number of nitrogens with two attached hydrogens (primary N) is 1. The van der Waals surface area contributed by atoms with Crippen LogP contribution >= 0.6 is 0 Å². The molecule has 0 saturated carbocycles. The number of carbonyl (C=O) groups is 1. The Balaban J connectivity index is 2.38. The number of rotatable bonds is 3. The largest absolute Gasteiger partial charge is 0.501 e. The lowest BCUT2D eigenvalue weighted by atomic mass is 9.86. The Morgan fingerprint density at radius 2 is 2.22 bits per heavy atom. The topological polar surface area (TPSA) is 52.3 Å². The van der Waals surface area contributed by atoms with E-state index in [1.165, 1.54) is 11.1 Å². The molecule has 0 saturated heterocycles. The summed E-state index contributed by atoms with van der Waals surface area (Å²) in [5.41, 5.74) is 8.76. The van der Waals surface area contributed by atoms with Crippen LogP contribution in [-0.4, -0.2) is 13.0 Å². The normalized spacial score (nSPS) is 19.7. The number of hydrogen-bond acceptors (Lipinski definition) is 2. The standard InChI is InChI=1S/C15H19NO2/c1-9-6-13-7-11(10(2)15(16)17)4-5-12(13)8-14(9)18-3/h4-5,7-10H,6H2,1-3H3,(H2,16,17). The maximum Gasteiger partial charge on any atom is 0.224 e. The molecule has 1 aliphatic rings. The summed E-state index contributed by atoms with van der Waals surface area (Å²) in [4.78, 5) is 11.2. The van der Waals surface area contributed by atoms with Crippen molar-refractivity contribution in [1.29, 1.82) is 0 Å². The van der Waals surface area contributed by atoms with E-state index in [-0.39, 0.29) is 11.8 Å². The van der Waals surface area contributed by atoms with E-state index in [4.69, 9.17) is 10.5 Å². The summed E-state index contributed by atoms with van der Waals surface area (Å²) in [6.45, 7) is 3.98. The van der Waals surface area contributed by atoms with Gasteiger partial charge in [0.25, 0.3) is 0 Å². The minimum absolute atomic E-state index is 0.238. The van der Waals surface area contributed by atoms with Gasteiger partial charge in [0.15, 0.2) is 0 Å². The summed E-state index contributed by atoms with van der Waals surface area (Å²) in [7, 11) is 1.71. The lowest BCUT2D eigenvalue weighted by Crippen LogP contribution is -2.19. The average Bonchev–Trinajstić information content (AvgIpc) is 2.36. The quantitative estimate of drug-likeness (QED) is 0.889. The molecule has 96 valence electrons. The fourth-order valence-corrected chi connectivity index (χ4v) is 2.36. The first kappa shape index (κ1) is 12.7. The molecule has 2 unspecified atom stereocenters. The monoisotopic (exact) mass is 245 g/mol. The van der Waals surface area contributed by atoms with Gasteiger partial charge in [-0.3, -0.25) is 4.79 Å². The second-order valence-electron chi connectivity index (χ2n) is 4.94. The first-order valence-corrected chi connectivity index (χ1v) is 6.20. The van der Waals surface area contributed by atoms with Crippen molar-refractivity contribution in [2.45, 2.75) is 26.2 Å². The molecule has 0 spiro atoms. The van der Waals surface area contributed by atoms with Crippen molar-refractivity contribution in [2.75, 3.05) is 7.11 Å². The predicted molar refractivity (Wildman–Crippen MR) is 71.9 cm³/mol. The third-order valence-corrected chi connectivity index (χ3v) is 3.64. The fraction of sp³-hybridized carbons (Fsp3) is 0.400. The minimum atomic E-state index is -0.285. The van der Waals surface area contributed by atoms with Crippen LogP contribution < -0.4 is 5.73 Å². The van der Waals surface area contributed by atoms with E-state index in [0.717, 1.165) is 17.7 Å². The Kier molecular flexibility index (Phi) is 3.41. The molecule has 0 radical (unpaired) electrons. The summed E-state index contributed by atoms with van der Waals surface area (Å²) in [5.74, 6) is 0.866. The fourth-order valence-electron chi connectivity index (χ4n) is 2.36. The lowest BCUT2D eigenvalue weighted by molar-refractivity contribution is -0.119. The predicted octanol–water partition coefficient (Wildman–Crippen LogP) is 2.45. The van der Waals surface area contributed by atoms with E-state index in [2.05, 4.69) is 19.1 Å². The number of hydrogen-bond donors (Lipinski definition) is 1. The third-order valence-electron chi connectivity index (χ3n) is 3.64. The molecule has 1 amide bonds. The van der Waals surface area contributed by atoms with Crippen LogP contribution in [0.25, 0.3) is 6.08 Å². The Morgan fingerprint density at radius 3 is 2.83 bits per heavy atom. The van der Waals surface area contributed by atoms with E-state index in [9.17, 15) is 4.79 Å². The first-order valence-electron chi connectivity index (χ1n) is 6.20. The molecule has 1 aromatic carbocycles. The molecule has 1 aliphatic carbocycles. The second kappa shape index (κ2) is 4.84.